The van der Waals surface area contributed by atoms with Crippen LogP contribution in [-0.4, -0.2) is 21.1 Å². The van der Waals surface area contributed by atoms with E-state index in [2.05, 4.69) is 20.5 Å². The van der Waals surface area contributed by atoms with E-state index in [4.69, 9.17) is 0 Å². The number of nitrogens with one attached hydrogen (secondary N) is 2. The van der Waals surface area contributed by atoms with Crippen molar-refractivity contribution in [3.05, 3.63) is 47.5 Å². The molecule has 0 saturated heterocycles. The van der Waals surface area contributed by atoms with Gasteiger partial charge in [0.25, 0.3) is 5.91 Å². The molecule has 0 aliphatic rings. The molecular formula is C12H14N4O. The van der Waals surface area contributed by atoms with Crippen molar-refractivity contribution in [1.29, 1.82) is 0 Å². The predicted octanol–water partition coefficient (Wildman–Crippen LogP) is 1.60. The molecular weight excluding hydrogens is 216 g/mol. The summed E-state index contributed by atoms with van der Waals surface area (Å²) >= 11 is 0. The summed E-state index contributed by atoms with van der Waals surface area (Å²) in [5.74, 6) is -0.107. The first kappa shape index (κ1) is 11.3. The van der Waals surface area contributed by atoms with Gasteiger partial charge in [-0.3, -0.25) is 14.9 Å². The van der Waals surface area contributed by atoms with E-state index in [0.717, 1.165) is 11.3 Å². The lowest BCUT2D eigenvalue weighted by molar-refractivity contribution is 0.0939. The number of rotatable bonds is 3. The summed E-state index contributed by atoms with van der Waals surface area (Å²) in [6.07, 6.45) is 5.10. The van der Waals surface area contributed by atoms with Crippen LogP contribution in [0.1, 0.15) is 34.6 Å². The van der Waals surface area contributed by atoms with Crippen LogP contribution < -0.4 is 5.32 Å². The highest BCUT2D eigenvalue weighted by Crippen LogP contribution is 2.10. The molecule has 88 valence electrons. The Morgan fingerprint density at radius 1 is 1.53 bits per heavy atom. The van der Waals surface area contributed by atoms with Gasteiger partial charge in [-0.25, -0.2) is 0 Å². The van der Waals surface area contributed by atoms with Crippen molar-refractivity contribution in [2.45, 2.75) is 19.9 Å². The normalized spacial score (nSPS) is 12.1. The summed E-state index contributed by atoms with van der Waals surface area (Å²) in [6.45, 7) is 3.77. The molecule has 5 heteroatoms. The topological polar surface area (TPSA) is 70.7 Å². The summed E-state index contributed by atoms with van der Waals surface area (Å²) < 4.78 is 0. The van der Waals surface area contributed by atoms with Crippen molar-refractivity contribution in [2.75, 3.05) is 0 Å². The largest absolute Gasteiger partial charge is 0.345 e. The van der Waals surface area contributed by atoms with Gasteiger partial charge in [-0.05, 0) is 26.0 Å². The van der Waals surface area contributed by atoms with E-state index in [1.807, 2.05) is 13.8 Å². The first-order valence-electron chi connectivity index (χ1n) is 5.39. The third-order valence-electron chi connectivity index (χ3n) is 2.53. The number of hydrogen-bond acceptors (Lipinski definition) is 3. The third-order valence-corrected chi connectivity index (χ3v) is 2.53. The Balaban J connectivity index is 2.07. The Morgan fingerprint density at radius 2 is 2.35 bits per heavy atom. The molecule has 0 fully saturated rings. The number of carbonyl (C=O) groups excluding carboxylic acids is 1. The maximum atomic E-state index is 11.9. The van der Waals surface area contributed by atoms with Gasteiger partial charge < -0.3 is 5.32 Å². The monoisotopic (exact) mass is 230 g/mol. The number of amides is 1. The van der Waals surface area contributed by atoms with Gasteiger partial charge in [0, 0.05) is 29.2 Å². The summed E-state index contributed by atoms with van der Waals surface area (Å²) in [7, 11) is 0. The van der Waals surface area contributed by atoms with E-state index >= 15 is 0 Å². The molecule has 1 unspecified atom stereocenters. The fraction of sp³-hybridized carbons (Fsp3) is 0.250. The Hall–Kier alpha value is -2.17. The molecule has 17 heavy (non-hydrogen) atoms. The number of aromatic amines is 1. The average molecular weight is 230 g/mol. The van der Waals surface area contributed by atoms with Crippen LogP contribution in [0.4, 0.5) is 0 Å². The minimum absolute atomic E-state index is 0.0743. The number of nitrogens with zero attached hydrogens (tertiary/aromatic N) is 2. The fourth-order valence-electron chi connectivity index (χ4n) is 1.55. The quantitative estimate of drug-likeness (QED) is 0.841. The van der Waals surface area contributed by atoms with Gasteiger partial charge in [-0.2, -0.15) is 5.10 Å². The van der Waals surface area contributed by atoms with E-state index in [-0.39, 0.29) is 11.9 Å². The van der Waals surface area contributed by atoms with Crippen molar-refractivity contribution in [1.82, 2.24) is 20.5 Å². The molecule has 1 amide bonds. The Morgan fingerprint density at radius 3 is 3.00 bits per heavy atom. The summed E-state index contributed by atoms with van der Waals surface area (Å²) in [6, 6.07) is 3.39. The molecule has 0 saturated carbocycles. The molecule has 5 nitrogen and oxygen atoms in total. The molecule has 2 rings (SSSR count). The summed E-state index contributed by atoms with van der Waals surface area (Å²) in [5, 5.41) is 9.47. The van der Waals surface area contributed by atoms with Crippen molar-refractivity contribution in [2.24, 2.45) is 0 Å². The third kappa shape index (κ3) is 2.69. The van der Waals surface area contributed by atoms with Crippen LogP contribution >= 0.6 is 0 Å². The minimum Gasteiger partial charge on any atom is -0.345 e. The highest BCUT2D eigenvalue weighted by molar-refractivity contribution is 5.94. The Bertz CT molecular complexity index is 507. The number of H-pyrrole nitrogens is 1. The van der Waals surface area contributed by atoms with Crippen LogP contribution in [0, 0.1) is 6.92 Å². The van der Waals surface area contributed by atoms with Crippen LogP contribution in [0.25, 0.3) is 0 Å². The number of hydrogen-bond donors (Lipinski definition) is 2. The highest BCUT2D eigenvalue weighted by atomic mass is 16.1. The van der Waals surface area contributed by atoms with E-state index in [9.17, 15) is 4.79 Å². The smallest absolute Gasteiger partial charge is 0.251 e. The molecule has 2 heterocycles. The fourth-order valence-corrected chi connectivity index (χ4v) is 1.55. The second-order valence-corrected chi connectivity index (χ2v) is 3.91. The van der Waals surface area contributed by atoms with Crippen LogP contribution in [0.3, 0.4) is 0 Å². The maximum absolute atomic E-state index is 11.9. The first-order chi connectivity index (χ1) is 8.16. The van der Waals surface area contributed by atoms with Gasteiger partial charge in [0.15, 0.2) is 0 Å². The van der Waals surface area contributed by atoms with Crippen molar-refractivity contribution < 1.29 is 4.79 Å². The standard InChI is InChI=1S/C12H14N4O/c1-8-5-10(3-4-13-8)12(17)16-9(2)11-6-14-15-7-11/h3-7,9H,1-2H3,(H,14,15)(H,16,17). The molecule has 2 aromatic heterocycles. The van der Waals surface area contributed by atoms with E-state index in [0.29, 0.717) is 5.56 Å². The molecule has 0 spiro atoms. The average Bonchev–Trinajstić information content (AvgIpc) is 2.82. The van der Waals surface area contributed by atoms with E-state index in [1.54, 1.807) is 30.7 Å². The first-order valence-corrected chi connectivity index (χ1v) is 5.39. The van der Waals surface area contributed by atoms with Crippen molar-refractivity contribution in [3.63, 3.8) is 0 Å². The predicted molar refractivity (Wildman–Crippen MR) is 63.4 cm³/mol. The van der Waals surface area contributed by atoms with Crippen molar-refractivity contribution >= 4 is 5.91 Å². The number of aromatic nitrogens is 3. The maximum Gasteiger partial charge on any atom is 0.251 e. The summed E-state index contributed by atoms with van der Waals surface area (Å²) in [4.78, 5) is 16.0. The number of carbonyl (C=O) groups is 1. The minimum atomic E-state index is -0.107. The van der Waals surface area contributed by atoms with Crippen LogP contribution in [0.2, 0.25) is 0 Å². The SMILES string of the molecule is Cc1cc(C(=O)NC(C)c2cn[nH]c2)ccn1. The van der Waals surface area contributed by atoms with Gasteiger partial charge in [0.1, 0.15) is 0 Å². The van der Waals surface area contributed by atoms with Gasteiger partial charge in [0.2, 0.25) is 0 Å². The Kier molecular flexibility index (Phi) is 3.18. The van der Waals surface area contributed by atoms with Crippen LogP contribution in [0.15, 0.2) is 30.7 Å². The zero-order chi connectivity index (χ0) is 12.3. The Labute approximate surface area is 99.3 Å². The lowest BCUT2D eigenvalue weighted by Gasteiger charge is -2.12. The number of pyridine rings is 1. The molecule has 0 bridgehead atoms. The lowest BCUT2D eigenvalue weighted by Crippen LogP contribution is -2.26. The highest BCUT2D eigenvalue weighted by Gasteiger charge is 2.12. The van der Waals surface area contributed by atoms with Crippen LogP contribution in [-0.2, 0) is 0 Å². The molecule has 1 atom stereocenters. The molecule has 2 aromatic rings. The van der Waals surface area contributed by atoms with Crippen molar-refractivity contribution in [3.8, 4) is 0 Å². The molecule has 2 N–H and O–H groups in total. The van der Waals surface area contributed by atoms with Gasteiger partial charge in [0.05, 0.1) is 12.2 Å². The zero-order valence-corrected chi connectivity index (χ0v) is 9.77. The molecule has 0 radical (unpaired) electrons. The van der Waals surface area contributed by atoms with E-state index in [1.165, 1.54) is 0 Å². The second kappa shape index (κ2) is 4.78. The van der Waals surface area contributed by atoms with Gasteiger partial charge in [-0.15, -0.1) is 0 Å². The number of aryl methyl sites for hydroxylation is 1. The van der Waals surface area contributed by atoms with Crippen LogP contribution in [0.5, 0.6) is 0 Å². The zero-order valence-electron chi connectivity index (χ0n) is 9.77. The van der Waals surface area contributed by atoms with Gasteiger partial charge >= 0.3 is 0 Å². The second-order valence-electron chi connectivity index (χ2n) is 3.91. The molecule has 0 aliphatic heterocycles. The lowest BCUT2D eigenvalue weighted by atomic mass is 10.1. The molecule has 0 aliphatic carbocycles. The molecule has 0 aromatic carbocycles. The van der Waals surface area contributed by atoms with E-state index < -0.39 is 0 Å². The summed E-state index contributed by atoms with van der Waals surface area (Å²) in [5.41, 5.74) is 2.39. The van der Waals surface area contributed by atoms with Gasteiger partial charge in [-0.1, -0.05) is 0 Å².